The van der Waals surface area contributed by atoms with Crippen molar-refractivity contribution >= 4 is 28.2 Å². The standard InChI is InChI=1S/C25H30N2/c1-3-8-19(9-4-1)26-23-16-14-18-15-17-24(27-20-10-5-2-6-11-20)22-13-7-12-21(23)25(18)22/h7,12-17,19-20,26H,1-6,8-11H2. The molecule has 0 amide bonds. The minimum absolute atomic E-state index is 0.513. The minimum atomic E-state index is 0.513. The Hall–Kier alpha value is -2.09. The summed E-state index contributed by atoms with van der Waals surface area (Å²) in [5.41, 5.74) is 5.14. The lowest BCUT2D eigenvalue weighted by atomic mass is 9.89. The first-order valence-electron chi connectivity index (χ1n) is 11.0. The third kappa shape index (κ3) is 3.42. The lowest BCUT2D eigenvalue weighted by molar-refractivity contribution is 0.444. The van der Waals surface area contributed by atoms with E-state index in [0.29, 0.717) is 12.1 Å². The van der Waals surface area contributed by atoms with Gasteiger partial charge in [-0.3, -0.25) is 4.99 Å². The van der Waals surface area contributed by atoms with Crippen LogP contribution in [0.3, 0.4) is 0 Å². The van der Waals surface area contributed by atoms with E-state index in [1.165, 1.54) is 97.5 Å². The summed E-state index contributed by atoms with van der Waals surface area (Å²) < 4.78 is 0. The lowest BCUT2D eigenvalue weighted by Crippen LogP contribution is -2.22. The first kappa shape index (κ1) is 17.0. The molecule has 0 spiro atoms. The predicted octanol–water partition coefficient (Wildman–Crippen LogP) is 6.73. The zero-order chi connectivity index (χ0) is 18.1. The highest BCUT2D eigenvalue weighted by Crippen LogP contribution is 2.35. The van der Waals surface area contributed by atoms with Crippen LogP contribution in [0.1, 0.15) is 75.3 Å². The van der Waals surface area contributed by atoms with Gasteiger partial charge < -0.3 is 5.32 Å². The molecule has 3 aliphatic carbocycles. The molecule has 0 saturated heterocycles. The van der Waals surface area contributed by atoms with Crippen molar-refractivity contribution in [1.82, 2.24) is 0 Å². The van der Waals surface area contributed by atoms with Gasteiger partial charge in [-0.2, -0.15) is 0 Å². The summed E-state index contributed by atoms with van der Waals surface area (Å²) >= 11 is 0. The molecule has 0 heterocycles. The number of nitrogens with one attached hydrogen (secondary N) is 1. The molecule has 0 radical (unpaired) electrons. The molecule has 2 saturated carbocycles. The normalized spacial score (nSPS) is 22.4. The van der Waals surface area contributed by atoms with Gasteiger partial charge in [0.05, 0.1) is 11.8 Å². The Balaban J connectivity index is 1.53. The van der Waals surface area contributed by atoms with Crippen molar-refractivity contribution in [3.8, 4) is 0 Å². The van der Waals surface area contributed by atoms with Gasteiger partial charge in [-0.25, -0.2) is 0 Å². The van der Waals surface area contributed by atoms with E-state index in [2.05, 4.69) is 47.8 Å². The van der Waals surface area contributed by atoms with Crippen molar-refractivity contribution in [2.24, 2.45) is 4.99 Å². The van der Waals surface area contributed by atoms with E-state index in [9.17, 15) is 0 Å². The average molecular weight is 359 g/mol. The molecule has 2 aromatic carbocycles. The summed E-state index contributed by atoms with van der Waals surface area (Å²) in [5.74, 6) is 0. The molecule has 1 N–H and O–H groups in total. The molecule has 140 valence electrons. The van der Waals surface area contributed by atoms with Gasteiger partial charge in [0.1, 0.15) is 0 Å². The van der Waals surface area contributed by atoms with E-state index in [0.717, 1.165) is 0 Å². The molecule has 0 bridgehead atoms. The predicted molar refractivity (Wildman–Crippen MR) is 117 cm³/mol. The molecule has 2 fully saturated rings. The van der Waals surface area contributed by atoms with Crippen LogP contribution in [0.15, 0.2) is 41.4 Å². The first-order chi connectivity index (χ1) is 13.4. The average Bonchev–Trinajstić information content (AvgIpc) is 2.73. The largest absolute Gasteiger partial charge is 0.382 e. The Morgan fingerprint density at radius 2 is 1.56 bits per heavy atom. The van der Waals surface area contributed by atoms with Crippen LogP contribution in [0.5, 0.6) is 0 Å². The topological polar surface area (TPSA) is 24.4 Å². The highest BCUT2D eigenvalue weighted by atomic mass is 14.9. The monoisotopic (exact) mass is 358 g/mol. The van der Waals surface area contributed by atoms with E-state index in [-0.39, 0.29) is 0 Å². The number of nitrogens with zero attached hydrogens (tertiary/aromatic N) is 1. The van der Waals surface area contributed by atoms with Crippen LogP contribution in [-0.2, 0) is 0 Å². The van der Waals surface area contributed by atoms with Gasteiger partial charge >= 0.3 is 0 Å². The molecular weight excluding hydrogens is 328 g/mol. The second-order valence-electron chi connectivity index (χ2n) is 8.55. The smallest absolute Gasteiger partial charge is 0.0656 e. The highest BCUT2D eigenvalue weighted by molar-refractivity contribution is 6.23. The van der Waals surface area contributed by atoms with Crippen LogP contribution in [0.2, 0.25) is 0 Å². The fourth-order valence-electron chi connectivity index (χ4n) is 5.16. The number of rotatable bonds is 3. The summed E-state index contributed by atoms with van der Waals surface area (Å²) in [4.78, 5) is 5.17. The van der Waals surface area contributed by atoms with Crippen molar-refractivity contribution in [2.75, 3.05) is 5.32 Å². The van der Waals surface area contributed by atoms with Gasteiger partial charge in [0, 0.05) is 28.1 Å². The summed E-state index contributed by atoms with van der Waals surface area (Å²) in [6, 6.07) is 12.5. The molecular formula is C25H30N2. The quantitative estimate of drug-likeness (QED) is 0.646. The van der Waals surface area contributed by atoms with E-state index >= 15 is 0 Å². The highest BCUT2D eigenvalue weighted by Gasteiger charge is 2.20. The zero-order valence-electron chi connectivity index (χ0n) is 16.2. The number of allylic oxidation sites excluding steroid dienone is 1. The molecule has 27 heavy (non-hydrogen) atoms. The summed E-state index contributed by atoms with van der Waals surface area (Å²) in [6.07, 6.45) is 17.8. The first-order valence-corrected chi connectivity index (χ1v) is 11.0. The van der Waals surface area contributed by atoms with Crippen LogP contribution < -0.4 is 5.32 Å². The van der Waals surface area contributed by atoms with Crippen LogP contribution in [0.4, 0.5) is 5.69 Å². The van der Waals surface area contributed by atoms with Crippen molar-refractivity contribution in [3.05, 3.63) is 47.5 Å². The molecule has 2 nitrogen and oxygen atoms in total. The third-order valence-corrected chi connectivity index (χ3v) is 6.63. The van der Waals surface area contributed by atoms with E-state index in [1.807, 2.05) is 0 Å². The molecule has 3 aliphatic rings. The van der Waals surface area contributed by atoms with Gasteiger partial charge in [0.25, 0.3) is 0 Å². The summed E-state index contributed by atoms with van der Waals surface area (Å²) in [6.45, 7) is 0. The van der Waals surface area contributed by atoms with E-state index < -0.39 is 0 Å². The maximum absolute atomic E-state index is 5.17. The Morgan fingerprint density at radius 3 is 2.37 bits per heavy atom. The SMILES string of the molecule is C1=Cc2ccc(NC3CCCCC3)c3cccc(c23)C1=NC1CCCCC1. The van der Waals surface area contributed by atoms with Gasteiger partial charge in [-0.15, -0.1) is 0 Å². The Kier molecular flexibility index (Phi) is 4.73. The Bertz CT molecular complexity index is 881. The van der Waals surface area contributed by atoms with E-state index in [1.54, 1.807) is 0 Å². The lowest BCUT2D eigenvalue weighted by Gasteiger charge is -2.26. The Labute approximate surface area is 162 Å². The van der Waals surface area contributed by atoms with Crippen molar-refractivity contribution < 1.29 is 0 Å². The number of aliphatic imine (C=N–C) groups is 1. The van der Waals surface area contributed by atoms with Gasteiger partial charge in [0.15, 0.2) is 0 Å². The summed E-state index contributed by atoms with van der Waals surface area (Å²) in [7, 11) is 0. The van der Waals surface area contributed by atoms with Crippen LogP contribution >= 0.6 is 0 Å². The number of hydrogen-bond acceptors (Lipinski definition) is 2. The van der Waals surface area contributed by atoms with Gasteiger partial charge in [-0.1, -0.05) is 68.9 Å². The molecule has 0 unspecified atom stereocenters. The third-order valence-electron chi connectivity index (χ3n) is 6.63. The van der Waals surface area contributed by atoms with Crippen LogP contribution in [-0.4, -0.2) is 17.8 Å². The number of benzene rings is 2. The fourth-order valence-corrected chi connectivity index (χ4v) is 5.16. The Morgan fingerprint density at radius 1 is 0.778 bits per heavy atom. The number of anilines is 1. The molecule has 5 rings (SSSR count). The van der Waals surface area contributed by atoms with Crippen molar-refractivity contribution in [3.63, 3.8) is 0 Å². The number of hydrogen-bond donors (Lipinski definition) is 1. The molecule has 2 aromatic rings. The van der Waals surface area contributed by atoms with Crippen molar-refractivity contribution in [2.45, 2.75) is 76.3 Å². The maximum Gasteiger partial charge on any atom is 0.0656 e. The molecule has 2 heteroatoms. The second-order valence-corrected chi connectivity index (χ2v) is 8.55. The van der Waals surface area contributed by atoms with Crippen LogP contribution in [0.25, 0.3) is 16.8 Å². The second kappa shape index (κ2) is 7.50. The van der Waals surface area contributed by atoms with Crippen molar-refractivity contribution in [1.29, 1.82) is 0 Å². The van der Waals surface area contributed by atoms with Crippen LogP contribution in [0, 0.1) is 0 Å². The molecule has 0 atom stereocenters. The molecule has 0 aliphatic heterocycles. The molecule has 0 aromatic heterocycles. The fraction of sp³-hybridized carbons (Fsp3) is 0.480. The maximum atomic E-state index is 5.17. The van der Waals surface area contributed by atoms with E-state index in [4.69, 9.17) is 4.99 Å². The van der Waals surface area contributed by atoms with Gasteiger partial charge in [0.2, 0.25) is 0 Å². The van der Waals surface area contributed by atoms with Gasteiger partial charge in [-0.05, 0) is 43.4 Å². The summed E-state index contributed by atoms with van der Waals surface area (Å²) in [5, 5.41) is 6.60. The minimum Gasteiger partial charge on any atom is -0.382 e. The zero-order valence-corrected chi connectivity index (χ0v) is 16.2.